The molecule has 0 aliphatic rings. The topological polar surface area (TPSA) is 49.3 Å². The summed E-state index contributed by atoms with van der Waals surface area (Å²) in [6, 6.07) is 0. The quantitative estimate of drug-likeness (QED) is 0.658. The van der Waals surface area contributed by atoms with Gasteiger partial charge in [-0.3, -0.25) is 4.79 Å². The van der Waals surface area contributed by atoms with Crippen LogP contribution in [0, 0.1) is 5.92 Å². The Hall–Kier alpha value is -0.570. The summed E-state index contributed by atoms with van der Waals surface area (Å²) < 4.78 is 0. The average molecular weight is 201 g/mol. The third-order valence-corrected chi connectivity index (χ3v) is 2.50. The highest BCUT2D eigenvalue weighted by molar-refractivity contribution is 5.78. The van der Waals surface area contributed by atoms with Crippen LogP contribution in [-0.2, 0) is 4.79 Å². The highest BCUT2D eigenvalue weighted by Gasteiger charge is 2.24. The van der Waals surface area contributed by atoms with Gasteiger partial charge in [-0.05, 0) is 12.8 Å². The smallest absolute Gasteiger partial charge is 0.225 e. The Labute approximate surface area is 86.9 Å². The van der Waals surface area contributed by atoms with Gasteiger partial charge in [0, 0.05) is 7.05 Å². The molecule has 0 rings (SSSR count). The Morgan fingerprint density at radius 1 is 1.29 bits per heavy atom. The summed E-state index contributed by atoms with van der Waals surface area (Å²) in [5.74, 6) is -0.257. The van der Waals surface area contributed by atoms with E-state index in [1.54, 1.807) is 7.05 Å². The highest BCUT2D eigenvalue weighted by atomic mass is 16.3. The fourth-order valence-corrected chi connectivity index (χ4v) is 1.61. The molecule has 0 saturated heterocycles. The lowest BCUT2D eigenvalue weighted by molar-refractivity contribution is -0.128. The zero-order valence-electron chi connectivity index (χ0n) is 9.55. The molecule has 1 amide bonds. The Kier molecular flexibility index (Phi) is 7.48. The molecule has 0 aliphatic heterocycles. The van der Waals surface area contributed by atoms with Crippen LogP contribution < -0.4 is 5.32 Å². The van der Waals surface area contributed by atoms with E-state index in [-0.39, 0.29) is 11.8 Å². The van der Waals surface area contributed by atoms with Gasteiger partial charge in [-0.25, -0.2) is 0 Å². The number of carbonyl (C=O) groups is 1. The minimum Gasteiger partial charge on any atom is -0.392 e. The molecule has 0 aromatic carbocycles. The van der Waals surface area contributed by atoms with Crippen molar-refractivity contribution in [3.05, 3.63) is 0 Å². The molecule has 0 saturated carbocycles. The van der Waals surface area contributed by atoms with Gasteiger partial charge in [-0.1, -0.05) is 33.1 Å². The van der Waals surface area contributed by atoms with Crippen LogP contribution in [0.5, 0.6) is 0 Å². The van der Waals surface area contributed by atoms with Gasteiger partial charge in [0.25, 0.3) is 0 Å². The van der Waals surface area contributed by atoms with Crippen molar-refractivity contribution in [2.75, 3.05) is 7.05 Å². The zero-order chi connectivity index (χ0) is 11.0. The average Bonchev–Trinajstić information content (AvgIpc) is 2.21. The minimum absolute atomic E-state index is 0.0320. The highest BCUT2D eigenvalue weighted by Crippen LogP contribution is 2.16. The second kappa shape index (κ2) is 7.80. The fourth-order valence-electron chi connectivity index (χ4n) is 1.61. The van der Waals surface area contributed by atoms with Crippen LogP contribution in [0.1, 0.15) is 46.0 Å². The number of amides is 1. The molecule has 0 aliphatic carbocycles. The predicted molar refractivity (Wildman–Crippen MR) is 58.0 cm³/mol. The Bertz CT molecular complexity index is 159. The van der Waals surface area contributed by atoms with Gasteiger partial charge in [-0.15, -0.1) is 0 Å². The van der Waals surface area contributed by atoms with E-state index < -0.39 is 6.10 Å². The van der Waals surface area contributed by atoms with Crippen molar-refractivity contribution >= 4 is 5.91 Å². The monoisotopic (exact) mass is 201 g/mol. The summed E-state index contributed by atoms with van der Waals surface area (Å²) in [5.41, 5.74) is 0. The summed E-state index contributed by atoms with van der Waals surface area (Å²) in [7, 11) is 1.62. The number of hydrogen-bond acceptors (Lipinski definition) is 2. The van der Waals surface area contributed by atoms with E-state index in [2.05, 4.69) is 12.2 Å². The third-order valence-electron chi connectivity index (χ3n) is 2.50. The molecule has 0 aromatic heterocycles. The Morgan fingerprint density at radius 3 is 2.36 bits per heavy atom. The van der Waals surface area contributed by atoms with Gasteiger partial charge in [0.2, 0.25) is 5.91 Å². The summed E-state index contributed by atoms with van der Waals surface area (Å²) in [5, 5.41) is 12.4. The van der Waals surface area contributed by atoms with Gasteiger partial charge in [-0.2, -0.15) is 0 Å². The van der Waals surface area contributed by atoms with Crippen LogP contribution in [0.2, 0.25) is 0 Å². The minimum atomic E-state index is -0.477. The van der Waals surface area contributed by atoms with Crippen molar-refractivity contribution in [1.29, 1.82) is 0 Å². The molecule has 2 N–H and O–H groups in total. The van der Waals surface area contributed by atoms with Crippen molar-refractivity contribution in [2.45, 2.75) is 52.1 Å². The molecule has 14 heavy (non-hydrogen) atoms. The molecule has 0 bridgehead atoms. The first-order valence-electron chi connectivity index (χ1n) is 5.57. The molecule has 0 heterocycles. The number of aliphatic hydroxyl groups is 1. The molecule has 0 aromatic rings. The van der Waals surface area contributed by atoms with E-state index in [0.29, 0.717) is 0 Å². The maximum absolute atomic E-state index is 11.4. The van der Waals surface area contributed by atoms with Crippen molar-refractivity contribution in [2.24, 2.45) is 5.92 Å². The van der Waals surface area contributed by atoms with Crippen molar-refractivity contribution in [1.82, 2.24) is 5.32 Å². The largest absolute Gasteiger partial charge is 0.392 e. The summed E-state index contributed by atoms with van der Waals surface area (Å²) in [6.07, 6.45) is 4.00. The first kappa shape index (κ1) is 13.4. The fraction of sp³-hybridized carbons (Fsp3) is 0.909. The second-order valence-electron chi connectivity index (χ2n) is 3.72. The molecule has 0 radical (unpaired) electrons. The maximum atomic E-state index is 11.4. The number of unbranched alkanes of at least 4 members (excludes halogenated alkanes) is 1. The van der Waals surface area contributed by atoms with E-state index in [9.17, 15) is 9.90 Å². The van der Waals surface area contributed by atoms with Crippen molar-refractivity contribution in [3.8, 4) is 0 Å². The number of carbonyl (C=O) groups excluding carboxylic acids is 1. The molecular weight excluding hydrogens is 178 g/mol. The first-order valence-corrected chi connectivity index (χ1v) is 5.57. The third kappa shape index (κ3) is 4.61. The molecule has 3 nitrogen and oxygen atoms in total. The van der Waals surface area contributed by atoms with Gasteiger partial charge in [0.15, 0.2) is 0 Å². The normalized spacial score (nSPS) is 14.9. The van der Waals surface area contributed by atoms with Crippen LogP contribution in [0.3, 0.4) is 0 Å². The van der Waals surface area contributed by atoms with Crippen LogP contribution in [0.15, 0.2) is 0 Å². The lowest BCUT2D eigenvalue weighted by Gasteiger charge is -2.20. The van der Waals surface area contributed by atoms with Crippen LogP contribution >= 0.6 is 0 Å². The molecule has 0 fully saturated rings. The second-order valence-corrected chi connectivity index (χ2v) is 3.72. The standard InChI is InChI=1S/C11H23NO2/c1-4-6-8-10(13)9(7-5-2)11(14)12-3/h9-10,13H,4-8H2,1-3H3,(H,12,14)/t9-,10-/m1/s1. The van der Waals surface area contributed by atoms with Crippen molar-refractivity contribution in [3.63, 3.8) is 0 Å². The van der Waals surface area contributed by atoms with Gasteiger partial charge >= 0.3 is 0 Å². The SMILES string of the molecule is CCCC[C@@H](O)[C@@H](CCC)C(=O)NC. The number of nitrogens with one attached hydrogen (secondary N) is 1. The van der Waals surface area contributed by atoms with Crippen LogP contribution in [-0.4, -0.2) is 24.2 Å². The zero-order valence-corrected chi connectivity index (χ0v) is 9.55. The van der Waals surface area contributed by atoms with Crippen LogP contribution in [0.4, 0.5) is 0 Å². The number of hydrogen-bond donors (Lipinski definition) is 2. The van der Waals surface area contributed by atoms with Gasteiger partial charge in [0.05, 0.1) is 12.0 Å². The Morgan fingerprint density at radius 2 is 1.93 bits per heavy atom. The summed E-state index contributed by atoms with van der Waals surface area (Å²) in [4.78, 5) is 11.4. The molecule has 2 atom stereocenters. The lowest BCUT2D eigenvalue weighted by atomic mass is 9.92. The summed E-state index contributed by atoms with van der Waals surface area (Å²) in [6.45, 7) is 4.12. The molecule has 84 valence electrons. The molecule has 3 heteroatoms. The van der Waals surface area contributed by atoms with Crippen LogP contribution in [0.25, 0.3) is 0 Å². The van der Waals surface area contributed by atoms with Gasteiger partial charge in [0.1, 0.15) is 0 Å². The van der Waals surface area contributed by atoms with Gasteiger partial charge < -0.3 is 10.4 Å². The number of aliphatic hydroxyl groups excluding tert-OH is 1. The first-order chi connectivity index (χ1) is 6.67. The van der Waals surface area contributed by atoms with E-state index in [1.165, 1.54) is 0 Å². The van der Waals surface area contributed by atoms with Crippen molar-refractivity contribution < 1.29 is 9.90 Å². The van der Waals surface area contributed by atoms with E-state index >= 15 is 0 Å². The van der Waals surface area contributed by atoms with E-state index in [1.807, 2.05) is 6.92 Å². The summed E-state index contributed by atoms with van der Waals surface area (Å²) >= 11 is 0. The van der Waals surface area contributed by atoms with E-state index in [0.717, 1.165) is 32.1 Å². The molecule has 0 spiro atoms. The Balaban J connectivity index is 4.10. The predicted octanol–water partition coefficient (Wildman–Crippen LogP) is 1.70. The number of rotatable bonds is 7. The molecule has 0 unspecified atom stereocenters. The maximum Gasteiger partial charge on any atom is 0.225 e. The van der Waals surface area contributed by atoms with E-state index in [4.69, 9.17) is 0 Å². The lowest BCUT2D eigenvalue weighted by Crippen LogP contribution is -2.35. The molecular formula is C11H23NO2.